The Labute approximate surface area is 168 Å². The van der Waals surface area contributed by atoms with Gasteiger partial charge < -0.3 is 10.1 Å². The molecular weight excluding hydrogens is 462 g/mol. The van der Waals surface area contributed by atoms with E-state index in [1.165, 1.54) is 17.4 Å². The summed E-state index contributed by atoms with van der Waals surface area (Å²) in [6.07, 6.45) is 1.28. The van der Waals surface area contributed by atoms with Gasteiger partial charge in [0.15, 0.2) is 9.34 Å². The van der Waals surface area contributed by atoms with Crippen LogP contribution in [0.3, 0.4) is 0 Å². The van der Waals surface area contributed by atoms with Crippen LogP contribution in [-0.4, -0.2) is 43.0 Å². The van der Waals surface area contributed by atoms with Crippen molar-refractivity contribution < 1.29 is 17.9 Å². The normalized spacial score (nSPS) is 18.0. The van der Waals surface area contributed by atoms with Crippen molar-refractivity contribution in [3.63, 3.8) is 0 Å². The Kier molecular flexibility index (Phi) is 5.92. The van der Waals surface area contributed by atoms with Gasteiger partial charge in [-0.1, -0.05) is 27.3 Å². The van der Waals surface area contributed by atoms with Crippen molar-refractivity contribution in [3.05, 3.63) is 34.4 Å². The summed E-state index contributed by atoms with van der Waals surface area (Å²) >= 11 is 5.92. The Hall–Kier alpha value is -1.14. The van der Waals surface area contributed by atoms with E-state index in [-0.39, 0.29) is 15.2 Å². The number of benzene rings is 1. The molecule has 1 amide bonds. The minimum Gasteiger partial charge on any atom is -0.496 e. The van der Waals surface area contributed by atoms with Crippen LogP contribution >= 0.6 is 39.0 Å². The van der Waals surface area contributed by atoms with Crippen LogP contribution in [0.5, 0.6) is 5.75 Å². The van der Waals surface area contributed by atoms with Crippen LogP contribution < -0.4 is 10.1 Å². The number of halogens is 1. The summed E-state index contributed by atoms with van der Waals surface area (Å²) in [4.78, 5) is 15.1. The van der Waals surface area contributed by atoms with Gasteiger partial charge in [-0.05, 0) is 18.2 Å². The molecule has 0 aliphatic carbocycles. The first-order valence-electron chi connectivity index (χ1n) is 7.53. The van der Waals surface area contributed by atoms with Crippen LogP contribution in [-0.2, 0) is 14.8 Å². The van der Waals surface area contributed by atoms with Gasteiger partial charge in [-0.25, -0.2) is 13.4 Å². The molecule has 3 rings (SSSR count). The number of carbonyl (C=O) groups is 1. The average molecular weight is 478 g/mol. The number of rotatable bonds is 5. The van der Waals surface area contributed by atoms with Gasteiger partial charge in [0.1, 0.15) is 5.75 Å². The largest absolute Gasteiger partial charge is 0.496 e. The van der Waals surface area contributed by atoms with Gasteiger partial charge in [0.05, 0.1) is 18.7 Å². The molecule has 1 atom stereocenters. The summed E-state index contributed by atoms with van der Waals surface area (Å²) < 4.78 is 34.1. The van der Waals surface area contributed by atoms with Crippen molar-refractivity contribution in [1.82, 2.24) is 9.29 Å². The fourth-order valence-corrected chi connectivity index (χ4v) is 7.38. The van der Waals surface area contributed by atoms with Crippen LogP contribution in [0.15, 0.2) is 33.1 Å². The number of ether oxygens (including phenoxy) is 1. The van der Waals surface area contributed by atoms with Gasteiger partial charge in [-0.2, -0.15) is 4.31 Å². The molecule has 11 heteroatoms. The second-order valence-electron chi connectivity index (χ2n) is 5.39. The van der Waals surface area contributed by atoms with Gasteiger partial charge in [-0.15, -0.1) is 11.8 Å². The number of aromatic nitrogens is 1. The molecule has 1 N–H and O–H groups in total. The fraction of sp³-hybridized carbons (Fsp3) is 0.333. The van der Waals surface area contributed by atoms with Gasteiger partial charge in [-0.3, -0.25) is 4.79 Å². The van der Waals surface area contributed by atoms with Crippen molar-refractivity contribution in [3.8, 4) is 5.75 Å². The molecule has 140 valence electrons. The number of nitrogens with zero attached hydrogens (tertiary/aromatic N) is 2. The first-order chi connectivity index (χ1) is 12.3. The number of nitrogens with one attached hydrogen (secondary N) is 1. The average Bonchev–Trinajstić information content (AvgIpc) is 3.23. The molecule has 26 heavy (non-hydrogen) atoms. The highest BCUT2D eigenvalue weighted by atomic mass is 79.9. The lowest BCUT2D eigenvalue weighted by Gasteiger charge is -2.24. The third kappa shape index (κ3) is 3.91. The van der Waals surface area contributed by atoms with Crippen molar-refractivity contribution in [1.29, 1.82) is 0 Å². The summed E-state index contributed by atoms with van der Waals surface area (Å²) in [5, 5.41) is 2.38. The van der Waals surface area contributed by atoms with Crippen molar-refractivity contribution >= 4 is 60.1 Å². The zero-order valence-corrected chi connectivity index (χ0v) is 18.0. The van der Waals surface area contributed by atoms with E-state index in [9.17, 15) is 13.2 Å². The maximum atomic E-state index is 13.1. The molecule has 1 aliphatic heterocycles. The highest BCUT2D eigenvalue weighted by Crippen LogP contribution is 2.46. The number of thioether (sulfide) groups is 1. The number of hydrogen-bond acceptors (Lipinski definition) is 7. The van der Waals surface area contributed by atoms with Crippen LogP contribution in [0.4, 0.5) is 5.13 Å². The molecule has 0 radical (unpaired) electrons. The Morgan fingerprint density at radius 1 is 1.46 bits per heavy atom. The second-order valence-corrected chi connectivity index (χ2v) is 10.6. The number of anilines is 1. The van der Waals surface area contributed by atoms with E-state index in [2.05, 4.69) is 26.2 Å². The van der Waals surface area contributed by atoms with Crippen LogP contribution in [0.25, 0.3) is 0 Å². The van der Waals surface area contributed by atoms with Gasteiger partial charge >= 0.3 is 0 Å². The molecule has 7 nitrogen and oxygen atoms in total. The predicted molar refractivity (Wildman–Crippen MR) is 106 cm³/mol. The number of hydrogen-bond donors (Lipinski definition) is 1. The third-order valence-electron chi connectivity index (χ3n) is 3.64. The second kappa shape index (κ2) is 7.85. The predicted octanol–water partition coefficient (Wildman–Crippen LogP) is 3.31. The van der Waals surface area contributed by atoms with E-state index >= 15 is 0 Å². The molecule has 1 aromatic heterocycles. The number of thiazole rings is 1. The smallest absolute Gasteiger partial charge is 0.255 e. The maximum absolute atomic E-state index is 13.1. The lowest BCUT2D eigenvalue weighted by molar-refractivity contribution is -0.114. The summed E-state index contributed by atoms with van der Waals surface area (Å²) in [6.45, 7) is 1.74. The van der Waals surface area contributed by atoms with Crippen molar-refractivity contribution in [2.45, 2.75) is 16.5 Å². The van der Waals surface area contributed by atoms with Crippen LogP contribution in [0.1, 0.15) is 17.9 Å². The molecule has 2 aromatic rings. The monoisotopic (exact) mass is 477 g/mol. The molecule has 0 bridgehead atoms. The van der Waals surface area contributed by atoms with Gasteiger partial charge in [0, 0.05) is 29.3 Å². The highest BCUT2D eigenvalue weighted by Gasteiger charge is 2.39. The molecule has 0 spiro atoms. The molecule has 1 unspecified atom stereocenters. The lowest BCUT2D eigenvalue weighted by Crippen LogP contribution is -2.30. The van der Waals surface area contributed by atoms with E-state index in [0.29, 0.717) is 18.0 Å². The number of methoxy groups -OCH3 is 1. The zero-order chi connectivity index (χ0) is 18.9. The molecule has 1 fully saturated rings. The van der Waals surface area contributed by atoms with E-state index in [4.69, 9.17) is 4.74 Å². The van der Waals surface area contributed by atoms with E-state index in [0.717, 1.165) is 21.4 Å². The molecule has 1 aromatic carbocycles. The van der Waals surface area contributed by atoms with Gasteiger partial charge in [0.25, 0.3) is 10.0 Å². The molecule has 2 heterocycles. The first-order valence-corrected chi connectivity index (χ1v) is 11.6. The highest BCUT2D eigenvalue weighted by molar-refractivity contribution is 9.10. The summed E-state index contributed by atoms with van der Waals surface area (Å²) in [6, 6.07) is 5.54. The standard InChI is InChI=1S/C15H16BrN3O4S3/c1-9(20)18-15-17-8-13(25-15)26(21,22)19-5-6-24-14(19)11-7-10(16)3-4-12(11)23-2/h3-4,7-8,14H,5-6H2,1-2H3,(H,17,18,20). The minimum atomic E-state index is -3.74. The Morgan fingerprint density at radius 3 is 2.92 bits per heavy atom. The fourth-order valence-electron chi connectivity index (χ4n) is 2.55. The van der Waals surface area contributed by atoms with Crippen molar-refractivity contribution in [2.75, 3.05) is 24.7 Å². The number of sulfonamides is 1. The third-order valence-corrected chi connectivity index (χ3v) is 8.72. The molecule has 0 saturated carbocycles. The Morgan fingerprint density at radius 2 is 2.23 bits per heavy atom. The Bertz CT molecular complexity index is 932. The van der Waals surface area contributed by atoms with Crippen LogP contribution in [0.2, 0.25) is 0 Å². The molecule has 1 saturated heterocycles. The summed E-state index contributed by atoms with van der Waals surface area (Å²) in [5.74, 6) is 1.02. The van der Waals surface area contributed by atoms with E-state index in [1.54, 1.807) is 18.9 Å². The quantitative estimate of drug-likeness (QED) is 0.710. The number of amides is 1. The topological polar surface area (TPSA) is 88.6 Å². The van der Waals surface area contributed by atoms with E-state index in [1.807, 2.05) is 18.2 Å². The minimum absolute atomic E-state index is 0.0997. The summed E-state index contributed by atoms with van der Waals surface area (Å²) in [5.41, 5.74) is 0.791. The Balaban J connectivity index is 1.96. The zero-order valence-electron chi connectivity index (χ0n) is 13.9. The van der Waals surface area contributed by atoms with Gasteiger partial charge in [0.2, 0.25) is 5.91 Å². The number of carbonyl (C=O) groups excluding carboxylic acids is 1. The first kappa shape index (κ1) is 19.6. The summed E-state index contributed by atoms with van der Waals surface area (Å²) in [7, 11) is -2.18. The van der Waals surface area contributed by atoms with Crippen molar-refractivity contribution in [2.24, 2.45) is 0 Å². The van der Waals surface area contributed by atoms with E-state index < -0.39 is 15.4 Å². The maximum Gasteiger partial charge on any atom is 0.255 e. The van der Waals surface area contributed by atoms with Crippen LogP contribution in [0, 0.1) is 0 Å². The lowest BCUT2D eigenvalue weighted by atomic mass is 10.2. The molecule has 1 aliphatic rings. The SMILES string of the molecule is COc1ccc(Br)cc1C1SCCN1S(=O)(=O)c1cnc(NC(C)=O)s1. The molecular formula is C15H16BrN3O4S3.